The quantitative estimate of drug-likeness (QED) is 0.243. The van der Waals surface area contributed by atoms with Crippen molar-refractivity contribution in [2.24, 2.45) is 63.1 Å². The molecule has 5 aliphatic rings. The Morgan fingerprint density at radius 3 is 2.42 bits per heavy atom. The Kier molecular flexibility index (Phi) is 8.42. The summed E-state index contributed by atoms with van der Waals surface area (Å²) in [5.74, 6) is 1.48. The van der Waals surface area contributed by atoms with Gasteiger partial charge in [0.15, 0.2) is 0 Å². The van der Waals surface area contributed by atoms with Crippen LogP contribution < -0.4 is 0 Å². The van der Waals surface area contributed by atoms with E-state index in [0.29, 0.717) is 23.7 Å². The Balaban J connectivity index is 1.34. The molecule has 0 spiro atoms. The predicted octanol–water partition coefficient (Wildman–Crippen LogP) is 7.37. The van der Waals surface area contributed by atoms with E-state index in [1.807, 2.05) is 30.3 Å². The molecule has 1 aromatic carbocycles. The maximum absolute atomic E-state index is 14.2. The summed E-state index contributed by atoms with van der Waals surface area (Å²) in [7, 11) is 0. The van der Waals surface area contributed by atoms with Gasteiger partial charge in [0.25, 0.3) is 0 Å². The molecule has 5 unspecified atom stereocenters. The lowest BCUT2D eigenvalue weighted by molar-refractivity contribution is -0.241. The second-order valence-electron chi connectivity index (χ2n) is 16.2. The van der Waals surface area contributed by atoms with Crippen LogP contribution in [0, 0.1) is 63.1 Å². The third-order valence-corrected chi connectivity index (χ3v) is 15.0. The molecule has 0 saturated heterocycles. The summed E-state index contributed by atoms with van der Waals surface area (Å²) >= 11 is 0. The van der Waals surface area contributed by atoms with Gasteiger partial charge in [0, 0.05) is 5.92 Å². The topological polar surface area (TPSA) is 83.8 Å². The Labute approximate surface area is 259 Å². The van der Waals surface area contributed by atoms with Crippen LogP contribution in [-0.4, -0.2) is 35.2 Å². The molecule has 12 atom stereocenters. The van der Waals surface area contributed by atoms with Crippen molar-refractivity contribution in [3.8, 4) is 0 Å². The normalized spacial score (nSPS) is 46.0. The van der Waals surface area contributed by atoms with Gasteiger partial charge in [-0.1, -0.05) is 64.4 Å². The standard InChI is InChI=1S/C38H56O5/c1-5-9-28-29-15-18-37(4)32(35(29,2)17-16-31(28)41)13-12-30-33-27(26(22-39)23-40)14-19-38(33,21-20-36(30,37)3)34(42)43-24-25-10-7-6-8-11-25/h6-8,10-11,22,26-33,40-41H,5,9,12-21,23-24H2,1-4H3/t26?,27-,28+,29?,30?,31+,32?,33?,35-,36+,37+,38-/m0/s1. The third kappa shape index (κ3) is 4.60. The lowest BCUT2D eigenvalue weighted by Crippen LogP contribution is -2.66. The number of fused-ring (bicyclic) bond motifs is 7. The summed E-state index contributed by atoms with van der Waals surface area (Å²) in [5.41, 5.74) is 0.848. The summed E-state index contributed by atoms with van der Waals surface area (Å²) in [5, 5.41) is 21.4. The van der Waals surface area contributed by atoms with Gasteiger partial charge >= 0.3 is 5.97 Å². The van der Waals surface area contributed by atoms with Crippen molar-refractivity contribution in [1.82, 2.24) is 0 Å². The average Bonchev–Trinajstić information content (AvgIpc) is 3.40. The summed E-state index contributed by atoms with van der Waals surface area (Å²) in [6.45, 7) is 10.1. The molecule has 6 rings (SSSR count). The van der Waals surface area contributed by atoms with Crippen LogP contribution in [0.4, 0.5) is 0 Å². The lowest BCUT2D eigenvalue weighted by Gasteiger charge is -2.72. The summed E-state index contributed by atoms with van der Waals surface area (Å²) in [6, 6.07) is 9.93. The van der Waals surface area contributed by atoms with E-state index in [1.54, 1.807) is 0 Å². The highest BCUT2D eigenvalue weighted by Crippen LogP contribution is 2.77. The number of carbonyl (C=O) groups is 2. The molecule has 0 aliphatic heterocycles. The van der Waals surface area contributed by atoms with Crippen LogP contribution in [0.15, 0.2) is 30.3 Å². The van der Waals surface area contributed by atoms with Gasteiger partial charge in [-0.3, -0.25) is 4.79 Å². The van der Waals surface area contributed by atoms with Gasteiger partial charge in [0.05, 0.1) is 18.1 Å². The van der Waals surface area contributed by atoms with Crippen molar-refractivity contribution in [1.29, 1.82) is 0 Å². The zero-order valence-electron chi connectivity index (χ0n) is 27.1. The van der Waals surface area contributed by atoms with Gasteiger partial charge < -0.3 is 19.7 Å². The minimum atomic E-state index is -0.578. The minimum absolute atomic E-state index is 0.0160. The number of hydrogen-bond donors (Lipinski definition) is 2. The molecule has 43 heavy (non-hydrogen) atoms. The molecule has 5 heteroatoms. The number of hydrogen-bond acceptors (Lipinski definition) is 5. The molecule has 5 fully saturated rings. The molecular weight excluding hydrogens is 536 g/mol. The minimum Gasteiger partial charge on any atom is -0.460 e. The molecule has 1 aromatic rings. The highest BCUT2D eigenvalue weighted by molar-refractivity contribution is 5.78. The lowest BCUT2D eigenvalue weighted by atomic mass is 9.33. The van der Waals surface area contributed by atoms with Crippen LogP contribution in [0.25, 0.3) is 0 Å². The van der Waals surface area contributed by atoms with Gasteiger partial charge in [-0.2, -0.15) is 0 Å². The fraction of sp³-hybridized carbons (Fsp3) is 0.789. The zero-order valence-corrected chi connectivity index (χ0v) is 27.1. The second-order valence-corrected chi connectivity index (χ2v) is 16.2. The largest absolute Gasteiger partial charge is 0.460 e. The van der Waals surface area contributed by atoms with E-state index in [-0.39, 0.29) is 53.4 Å². The molecule has 2 N–H and O–H groups in total. The predicted molar refractivity (Wildman–Crippen MR) is 168 cm³/mol. The van der Waals surface area contributed by atoms with Gasteiger partial charge in [-0.15, -0.1) is 0 Å². The van der Waals surface area contributed by atoms with E-state index >= 15 is 0 Å². The molecular formula is C38H56O5. The number of carbonyl (C=O) groups excluding carboxylic acids is 2. The summed E-state index contributed by atoms with van der Waals surface area (Å²) in [6.07, 6.45) is 13.1. The van der Waals surface area contributed by atoms with Gasteiger partial charge in [0.1, 0.15) is 12.9 Å². The van der Waals surface area contributed by atoms with Crippen LogP contribution in [0.1, 0.15) is 110 Å². The average molecular weight is 593 g/mol. The first-order valence-electron chi connectivity index (χ1n) is 17.5. The Morgan fingerprint density at radius 2 is 1.72 bits per heavy atom. The van der Waals surface area contributed by atoms with Gasteiger partial charge in [-0.05, 0) is 128 Å². The van der Waals surface area contributed by atoms with Crippen molar-refractivity contribution in [2.75, 3.05) is 6.61 Å². The first-order valence-corrected chi connectivity index (χ1v) is 17.5. The van der Waals surface area contributed by atoms with Crippen LogP contribution in [0.3, 0.4) is 0 Å². The maximum atomic E-state index is 14.2. The number of ether oxygens (including phenoxy) is 1. The van der Waals surface area contributed by atoms with Crippen LogP contribution in [0.5, 0.6) is 0 Å². The van der Waals surface area contributed by atoms with Crippen molar-refractivity contribution in [3.63, 3.8) is 0 Å². The molecule has 5 aliphatic carbocycles. The van der Waals surface area contributed by atoms with E-state index in [4.69, 9.17) is 4.74 Å². The van der Waals surface area contributed by atoms with Crippen molar-refractivity contribution in [3.05, 3.63) is 35.9 Å². The Bertz CT molecular complexity index is 1170. The summed E-state index contributed by atoms with van der Waals surface area (Å²) < 4.78 is 6.13. The fourth-order valence-corrected chi connectivity index (χ4v) is 12.7. The molecule has 5 saturated carbocycles. The molecule has 0 heterocycles. The Hall–Kier alpha value is -1.72. The third-order valence-electron chi connectivity index (χ3n) is 15.0. The van der Waals surface area contributed by atoms with Crippen molar-refractivity contribution < 1.29 is 24.5 Å². The van der Waals surface area contributed by atoms with Crippen molar-refractivity contribution >= 4 is 12.3 Å². The van der Waals surface area contributed by atoms with E-state index < -0.39 is 11.3 Å². The number of esters is 1. The maximum Gasteiger partial charge on any atom is 0.312 e. The molecule has 238 valence electrons. The summed E-state index contributed by atoms with van der Waals surface area (Å²) in [4.78, 5) is 26.6. The zero-order chi connectivity index (χ0) is 30.6. The first kappa shape index (κ1) is 31.3. The number of rotatable bonds is 8. The SMILES string of the molecule is CCC[C@@H]1C2CC[C@]3(C)C(CCC4C5[C@H](C(C=O)CO)CC[C@]5(C(=O)OCc5ccccc5)CC[C@]43C)[C@@]2(C)CC[C@H]1O. The van der Waals surface area contributed by atoms with E-state index in [0.717, 1.165) is 76.1 Å². The van der Waals surface area contributed by atoms with Gasteiger partial charge in [-0.25, -0.2) is 0 Å². The molecule has 0 bridgehead atoms. The molecule has 5 nitrogen and oxygen atoms in total. The molecule has 0 amide bonds. The van der Waals surface area contributed by atoms with Gasteiger partial charge in [0.2, 0.25) is 0 Å². The van der Waals surface area contributed by atoms with Crippen LogP contribution in [-0.2, 0) is 20.9 Å². The smallest absolute Gasteiger partial charge is 0.312 e. The number of aliphatic hydroxyl groups excluding tert-OH is 2. The van der Waals surface area contributed by atoms with E-state index in [2.05, 4.69) is 27.7 Å². The van der Waals surface area contributed by atoms with Crippen molar-refractivity contribution in [2.45, 2.75) is 117 Å². The highest BCUT2D eigenvalue weighted by atomic mass is 16.5. The first-order chi connectivity index (χ1) is 20.6. The monoisotopic (exact) mass is 592 g/mol. The van der Waals surface area contributed by atoms with E-state index in [9.17, 15) is 19.8 Å². The number of benzene rings is 1. The van der Waals surface area contributed by atoms with Crippen LogP contribution in [0.2, 0.25) is 0 Å². The Morgan fingerprint density at radius 1 is 0.953 bits per heavy atom. The molecule has 0 aromatic heterocycles. The highest BCUT2D eigenvalue weighted by Gasteiger charge is 2.72. The fourth-order valence-electron chi connectivity index (χ4n) is 12.7. The van der Waals surface area contributed by atoms with E-state index in [1.165, 1.54) is 12.8 Å². The van der Waals surface area contributed by atoms with Crippen LogP contribution >= 0.6 is 0 Å². The number of aldehydes is 1. The molecule has 0 radical (unpaired) electrons. The number of aliphatic hydroxyl groups is 2. The second kappa shape index (κ2) is 11.6.